The summed E-state index contributed by atoms with van der Waals surface area (Å²) in [6, 6.07) is 5.80. The van der Waals surface area contributed by atoms with Gasteiger partial charge in [-0.15, -0.1) is 0 Å². The molecule has 3 amide bonds. The summed E-state index contributed by atoms with van der Waals surface area (Å²) in [6.07, 6.45) is -10.3. The smallest absolute Gasteiger partial charge is 0.430 e. The fraction of sp³-hybridized carbons (Fsp3) is 0.533. The van der Waals surface area contributed by atoms with Crippen molar-refractivity contribution in [2.45, 2.75) is 82.8 Å². The minimum absolute atomic E-state index is 0.0265. The number of amides is 3. The van der Waals surface area contributed by atoms with Gasteiger partial charge in [0.2, 0.25) is 6.79 Å². The molecule has 1 unspecified atom stereocenters. The van der Waals surface area contributed by atoms with Crippen LogP contribution in [0.2, 0.25) is 0 Å². The van der Waals surface area contributed by atoms with E-state index in [1.54, 1.807) is 39.0 Å². The summed E-state index contributed by atoms with van der Waals surface area (Å²) >= 11 is 0. The van der Waals surface area contributed by atoms with E-state index in [-0.39, 0.29) is 49.7 Å². The molecule has 2 N–H and O–H groups in total. The predicted octanol–water partition coefficient (Wildman–Crippen LogP) is 6.26. The number of nitrogens with zero attached hydrogens (tertiary/aromatic N) is 1. The number of aryl methyl sites for hydroxylation is 2. The number of benzene rings is 2. The van der Waals surface area contributed by atoms with Crippen molar-refractivity contribution in [2.75, 3.05) is 19.9 Å². The highest BCUT2D eigenvalue weighted by Gasteiger charge is 2.71. The standard InChI is InChI=1S/C30H34F6N2O6/c1-4-8-18-14-21(28(41,29(31,32)33)30(34,35)36)15-19(9-5-2)24(18)42-13-7-6-12-38-25(39)27(3,37-26(38)40)20-10-11-22-23(16-20)44-17-43-22/h10-11,14-16,41H,4-9,12-13,17H2,1-3H3,(H,37,40). The van der Waals surface area contributed by atoms with Crippen LogP contribution in [0.5, 0.6) is 17.2 Å². The van der Waals surface area contributed by atoms with Crippen LogP contribution in [0, 0.1) is 0 Å². The number of carbonyl (C=O) groups excluding carboxylic acids is 2. The van der Waals surface area contributed by atoms with Gasteiger partial charge >= 0.3 is 18.4 Å². The van der Waals surface area contributed by atoms with Gasteiger partial charge in [0, 0.05) is 12.1 Å². The normalized spacial score (nSPS) is 18.6. The third kappa shape index (κ3) is 6.00. The van der Waals surface area contributed by atoms with Crippen molar-refractivity contribution in [2.24, 2.45) is 0 Å². The second-order valence-electron chi connectivity index (χ2n) is 11.0. The number of hydrogen-bond donors (Lipinski definition) is 2. The summed E-state index contributed by atoms with van der Waals surface area (Å²) in [4.78, 5) is 27.1. The number of carbonyl (C=O) groups is 2. The summed E-state index contributed by atoms with van der Waals surface area (Å²) < 4.78 is 98.3. The number of nitrogens with one attached hydrogen (secondary N) is 1. The molecule has 0 saturated carbocycles. The Labute approximate surface area is 250 Å². The molecule has 2 aromatic carbocycles. The van der Waals surface area contributed by atoms with Gasteiger partial charge in [-0.1, -0.05) is 32.8 Å². The Bertz CT molecular complexity index is 1350. The second kappa shape index (κ2) is 12.4. The average Bonchev–Trinajstić information content (AvgIpc) is 3.50. The van der Waals surface area contributed by atoms with E-state index in [2.05, 4.69) is 5.32 Å². The number of halogens is 6. The zero-order chi connectivity index (χ0) is 32.5. The van der Waals surface area contributed by atoms with Gasteiger partial charge in [0.25, 0.3) is 11.5 Å². The largest absolute Gasteiger partial charge is 0.493 e. The summed E-state index contributed by atoms with van der Waals surface area (Å²) in [5, 5.41) is 12.7. The van der Waals surface area contributed by atoms with E-state index in [4.69, 9.17) is 14.2 Å². The molecule has 1 saturated heterocycles. The van der Waals surface area contributed by atoms with Crippen LogP contribution >= 0.6 is 0 Å². The van der Waals surface area contributed by atoms with E-state index in [1.807, 2.05) is 0 Å². The van der Waals surface area contributed by atoms with Crippen molar-refractivity contribution in [1.29, 1.82) is 0 Å². The maximum absolute atomic E-state index is 13.6. The Morgan fingerprint density at radius 1 is 0.932 bits per heavy atom. The molecular weight excluding hydrogens is 598 g/mol. The highest BCUT2D eigenvalue weighted by Crippen LogP contribution is 2.51. The van der Waals surface area contributed by atoms with Gasteiger partial charge in [0.1, 0.15) is 11.3 Å². The van der Waals surface area contributed by atoms with Gasteiger partial charge in [-0.2, -0.15) is 26.3 Å². The lowest BCUT2D eigenvalue weighted by atomic mass is 9.87. The van der Waals surface area contributed by atoms with Crippen molar-refractivity contribution < 1.29 is 55.2 Å². The predicted molar refractivity (Wildman–Crippen MR) is 145 cm³/mol. The maximum Gasteiger partial charge on any atom is 0.430 e. The minimum atomic E-state index is -6.00. The number of imide groups is 1. The van der Waals surface area contributed by atoms with Crippen LogP contribution in [-0.4, -0.2) is 54.2 Å². The van der Waals surface area contributed by atoms with Crippen LogP contribution in [0.4, 0.5) is 31.1 Å². The molecular formula is C30H34F6N2O6. The van der Waals surface area contributed by atoms with E-state index in [1.165, 1.54) is 0 Å². The number of rotatable bonds is 12. The molecule has 14 heteroatoms. The number of urea groups is 1. The molecule has 2 aliphatic rings. The molecule has 2 aromatic rings. The van der Waals surface area contributed by atoms with Crippen LogP contribution in [0.25, 0.3) is 0 Å². The van der Waals surface area contributed by atoms with E-state index < -0.39 is 41.0 Å². The molecule has 1 fully saturated rings. The molecule has 242 valence electrons. The third-order valence-corrected chi connectivity index (χ3v) is 7.77. The monoisotopic (exact) mass is 632 g/mol. The van der Waals surface area contributed by atoms with Gasteiger partial charge in [-0.25, -0.2) is 4.79 Å². The van der Waals surface area contributed by atoms with Crippen molar-refractivity contribution in [3.8, 4) is 17.2 Å². The summed E-state index contributed by atoms with van der Waals surface area (Å²) in [5.74, 6) is 0.701. The van der Waals surface area contributed by atoms with Crippen LogP contribution in [0.1, 0.15) is 68.7 Å². The first-order valence-corrected chi connectivity index (χ1v) is 14.3. The zero-order valence-corrected chi connectivity index (χ0v) is 24.5. The van der Waals surface area contributed by atoms with Crippen LogP contribution in [0.3, 0.4) is 0 Å². The lowest BCUT2D eigenvalue weighted by molar-refractivity contribution is -0.376. The van der Waals surface area contributed by atoms with E-state index in [0.29, 0.717) is 54.9 Å². The van der Waals surface area contributed by atoms with Gasteiger partial charge < -0.3 is 24.6 Å². The molecule has 0 radical (unpaired) electrons. The molecule has 0 spiro atoms. The topological polar surface area (TPSA) is 97.3 Å². The quantitative estimate of drug-likeness (QED) is 0.163. The van der Waals surface area contributed by atoms with Crippen molar-refractivity contribution in [3.63, 3.8) is 0 Å². The summed E-state index contributed by atoms with van der Waals surface area (Å²) in [6.45, 7) is 5.15. The summed E-state index contributed by atoms with van der Waals surface area (Å²) in [5.41, 5.74) is -6.91. The average molecular weight is 633 g/mol. The first kappa shape index (κ1) is 33.2. The minimum Gasteiger partial charge on any atom is -0.493 e. The van der Waals surface area contributed by atoms with E-state index >= 15 is 0 Å². The van der Waals surface area contributed by atoms with Crippen molar-refractivity contribution >= 4 is 11.9 Å². The zero-order valence-electron chi connectivity index (χ0n) is 24.5. The Hall–Kier alpha value is -3.68. The number of alkyl halides is 6. The number of aliphatic hydroxyl groups is 1. The molecule has 44 heavy (non-hydrogen) atoms. The van der Waals surface area contributed by atoms with Gasteiger partial charge in [-0.3, -0.25) is 9.69 Å². The first-order valence-electron chi connectivity index (χ1n) is 14.3. The summed E-state index contributed by atoms with van der Waals surface area (Å²) in [7, 11) is 0. The molecule has 1 atom stereocenters. The molecule has 0 aliphatic carbocycles. The highest BCUT2D eigenvalue weighted by molar-refractivity contribution is 6.07. The van der Waals surface area contributed by atoms with Crippen molar-refractivity contribution in [1.82, 2.24) is 10.2 Å². The van der Waals surface area contributed by atoms with Crippen molar-refractivity contribution in [3.05, 3.63) is 52.6 Å². The van der Waals surface area contributed by atoms with Gasteiger partial charge in [0.05, 0.1) is 6.61 Å². The molecule has 2 aliphatic heterocycles. The number of fused-ring (bicyclic) bond motifs is 1. The third-order valence-electron chi connectivity index (χ3n) is 7.77. The lowest BCUT2D eigenvalue weighted by Crippen LogP contribution is -2.54. The molecule has 4 rings (SSSR count). The number of hydrogen-bond acceptors (Lipinski definition) is 6. The second-order valence-corrected chi connectivity index (χ2v) is 11.0. The van der Waals surface area contributed by atoms with E-state index in [0.717, 1.165) is 4.90 Å². The molecule has 0 aromatic heterocycles. The number of unbranched alkanes of at least 4 members (excludes halogenated alkanes) is 1. The fourth-order valence-corrected chi connectivity index (χ4v) is 5.40. The lowest BCUT2D eigenvalue weighted by Gasteiger charge is -2.33. The first-order chi connectivity index (χ1) is 20.6. The van der Waals surface area contributed by atoms with Crippen LogP contribution in [-0.2, 0) is 28.8 Å². The number of ether oxygens (including phenoxy) is 3. The SMILES string of the molecule is CCCc1cc(C(O)(C(F)(F)F)C(F)(F)F)cc(CCC)c1OCCCCN1C(=O)NC(C)(c2ccc3c(c2)OCO3)C1=O. The Morgan fingerprint density at radius 3 is 2.09 bits per heavy atom. The van der Waals surface area contributed by atoms with E-state index in [9.17, 15) is 41.0 Å². The molecule has 2 heterocycles. The Morgan fingerprint density at radius 2 is 1.52 bits per heavy atom. The highest BCUT2D eigenvalue weighted by atomic mass is 19.4. The van der Waals surface area contributed by atoms with Crippen LogP contribution in [0.15, 0.2) is 30.3 Å². The van der Waals surface area contributed by atoms with Gasteiger partial charge in [-0.05, 0) is 73.6 Å². The fourth-order valence-electron chi connectivity index (χ4n) is 5.40. The maximum atomic E-state index is 13.6. The Balaban J connectivity index is 1.46. The molecule has 8 nitrogen and oxygen atoms in total. The Kier molecular flexibility index (Phi) is 9.34. The molecule has 0 bridgehead atoms. The van der Waals surface area contributed by atoms with Crippen LogP contribution < -0.4 is 19.5 Å². The van der Waals surface area contributed by atoms with Gasteiger partial charge in [0.15, 0.2) is 11.5 Å².